The minimum Gasteiger partial charge on any atom is -0.345 e. The Morgan fingerprint density at radius 2 is 0.867 bits per heavy atom. The predicted octanol–water partition coefficient (Wildman–Crippen LogP) is 7.94. The van der Waals surface area contributed by atoms with Crippen LogP contribution in [-0.4, -0.2) is 7.05 Å². The molecule has 0 fully saturated rings. The lowest BCUT2D eigenvalue weighted by Gasteiger charge is -2.20. The zero-order valence-electron chi connectivity index (χ0n) is 17.0. The van der Waals surface area contributed by atoms with Gasteiger partial charge in [-0.15, -0.1) is 0 Å². The fraction of sp³-hybridized carbons (Fsp3) is 0.0345. The van der Waals surface area contributed by atoms with Gasteiger partial charge in [0.25, 0.3) is 0 Å². The average Bonchev–Trinajstić information content (AvgIpc) is 2.84. The number of rotatable bonds is 4. The van der Waals surface area contributed by atoms with E-state index in [0.717, 1.165) is 0 Å². The van der Waals surface area contributed by atoms with Crippen LogP contribution in [-0.2, 0) is 0 Å². The summed E-state index contributed by atoms with van der Waals surface area (Å²) in [6.07, 6.45) is 0. The minimum atomic E-state index is 1.18. The van der Waals surface area contributed by atoms with Crippen LogP contribution in [0.5, 0.6) is 0 Å². The summed E-state index contributed by atoms with van der Waals surface area (Å²) in [5, 5.41) is 2.51. The molecule has 0 aromatic heterocycles. The normalized spacial score (nSPS) is 10.8. The monoisotopic (exact) mass is 385 g/mol. The van der Waals surface area contributed by atoms with Crippen LogP contribution in [0.25, 0.3) is 33.0 Å². The largest absolute Gasteiger partial charge is 0.345 e. The van der Waals surface area contributed by atoms with Crippen molar-refractivity contribution in [2.24, 2.45) is 0 Å². The number of nitrogens with zero attached hydrogens (tertiary/aromatic N) is 1. The number of hydrogen-bond donors (Lipinski definition) is 0. The lowest BCUT2D eigenvalue weighted by atomic mass is 10.0. The van der Waals surface area contributed by atoms with Crippen LogP contribution in [0, 0.1) is 0 Å². The topological polar surface area (TPSA) is 3.24 Å². The predicted molar refractivity (Wildman–Crippen MR) is 129 cm³/mol. The molecule has 0 N–H and O–H groups in total. The summed E-state index contributed by atoms with van der Waals surface area (Å²) < 4.78 is 0. The molecule has 30 heavy (non-hydrogen) atoms. The van der Waals surface area contributed by atoms with Crippen LogP contribution in [0.4, 0.5) is 11.4 Å². The summed E-state index contributed by atoms with van der Waals surface area (Å²) in [6.45, 7) is 0. The van der Waals surface area contributed by atoms with Gasteiger partial charge in [-0.2, -0.15) is 0 Å². The second kappa shape index (κ2) is 7.88. The molecule has 144 valence electrons. The highest BCUT2D eigenvalue weighted by Crippen LogP contribution is 2.31. The highest BCUT2D eigenvalue weighted by molar-refractivity contribution is 5.90. The van der Waals surface area contributed by atoms with E-state index in [0.29, 0.717) is 0 Å². The van der Waals surface area contributed by atoms with Gasteiger partial charge in [-0.1, -0.05) is 91.0 Å². The van der Waals surface area contributed by atoms with E-state index in [9.17, 15) is 0 Å². The van der Waals surface area contributed by atoms with Crippen molar-refractivity contribution in [3.05, 3.63) is 121 Å². The maximum absolute atomic E-state index is 2.27. The van der Waals surface area contributed by atoms with Crippen LogP contribution < -0.4 is 4.90 Å². The van der Waals surface area contributed by atoms with Gasteiger partial charge in [0.15, 0.2) is 0 Å². The van der Waals surface area contributed by atoms with Gasteiger partial charge < -0.3 is 4.90 Å². The molecule has 5 aromatic rings. The van der Waals surface area contributed by atoms with Gasteiger partial charge in [-0.25, -0.2) is 0 Å². The van der Waals surface area contributed by atoms with Crippen molar-refractivity contribution in [2.45, 2.75) is 0 Å². The lowest BCUT2D eigenvalue weighted by molar-refractivity contribution is 1.21. The Bertz CT molecular complexity index is 1270. The third-order valence-corrected chi connectivity index (χ3v) is 5.68. The SMILES string of the molecule is CN(c1ccc(-c2ccccc2)cc1)c1ccc2cc(-c3ccccc3)ccc2c1. The quantitative estimate of drug-likeness (QED) is 0.303. The smallest absolute Gasteiger partial charge is 0.0414 e. The molecule has 1 heteroatoms. The number of hydrogen-bond acceptors (Lipinski definition) is 1. The molecule has 0 saturated heterocycles. The second-order valence-electron chi connectivity index (χ2n) is 7.58. The summed E-state index contributed by atoms with van der Waals surface area (Å²) in [5.41, 5.74) is 7.34. The highest BCUT2D eigenvalue weighted by Gasteiger charge is 2.07. The molecule has 0 spiro atoms. The first-order valence-electron chi connectivity index (χ1n) is 10.3. The summed E-state index contributed by atoms with van der Waals surface area (Å²) in [6, 6.07) is 43.1. The van der Waals surface area contributed by atoms with Gasteiger partial charge >= 0.3 is 0 Å². The molecular weight excluding hydrogens is 362 g/mol. The van der Waals surface area contributed by atoms with E-state index in [4.69, 9.17) is 0 Å². The molecule has 0 radical (unpaired) electrons. The molecule has 0 aliphatic carbocycles. The van der Waals surface area contributed by atoms with Crippen LogP contribution in [0.1, 0.15) is 0 Å². The molecule has 0 bridgehead atoms. The molecule has 5 aromatic carbocycles. The molecule has 5 rings (SSSR count). The Morgan fingerprint density at radius 1 is 0.400 bits per heavy atom. The maximum Gasteiger partial charge on any atom is 0.0414 e. The van der Waals surface area contributed by atoms with Crippen LogP contribution in [0.2, 0.25) is 0 Å². The first-order valence-corrected chi connectivity index (χ1v) is 10.3. The Morgan fingerprint density at radius 3 is 1.53 bits per heavy atom. The minimum absolute atomic E-state index is 1.18. The van der Waals surface area contributed by atoms with Gasteiger partial charge in [-0.05, 0) is 63.4 Å². The summed E-state index contributed by atoms with van der Waals surface area (Å²) in [4.78, 5) is 2.24. The molecule has 1 nitrogen and oxygen atoms in total. The van der Waals surface area contributed by atoms with Gasteiger partial charge in [0.1, 0.15) is 0 Å². The lowest BCUT2D eigenvalue weighted by Crippen LogP contribution is -2.09. The summed E-state index contributed by atoms with van der Waals surface area (Å²) in [7, 11) is 2.12. The second-order valence-corrected chi connectivity index (χ2v) is 7.58. The first-order chi connectivity index (χ1) is 14.8. The van der Waals surface area contributed by atoms with E-state index >= 15 is 0 Å². The molecule has 0 aliphatic rings. The van der Waals surface area contributed by atoms with Crippen molar-refractivity contribution >= 4 is 22.1 Å². The summed E-state index contributed by atoms with van der Waals surface area (Å²) in [5.74, 6) is 0. The van der Waals surface area contributed by atoms with Crippen LogP contribution >= 0.6 is 0 Å². The van der Waals surface area contributed by atoms with Gasteiger partial charge in [0.05, 0.1) is 0 Å². The van der Waals surface area contributed by atoms with Crippen molar-refractivity contribution in [2.75, 3.05) is 11.9 Å². The van der Waals surface area contributed by atoms with Crippen molar-refractivity contribution in [3.8, 4) is 22.3 Å². The van der Waals surface area contributed by atoms with E-state index in [1.165, 1.54) is 44.4 Å². The molecule has 0 amide bonds. The highest BCUT2D eigenvalue weighted by atomic mass is 15.1. The zero-order valence-corrected chi connectivity index (χ0v) is 17.0. The fourth-order valence-corrected chi connectivity index (χ4v) is 3.91. The molecule has 0 aliphatic heterocycles. The molecule has 0 atom stereocenters. The van der Waals surface area contributed by atoms with E-state index in [2.05, 4.69) is 127 Å². The van der Waals surface area contributed by atoms with E-state index < -0.39 is 0 Å². The number of benzene rings is 5. The Kier molecular flexibility index (Phi) is 4.78. The third-order valence-electron chi connectivity index (χ3n) is 5.68. The third kappa shape index (κ3) is 3.58. The zero-order chi connectivity index (χ0) is 20.3. The molecule has 0 saturated carbocycles. The van der Waals surface area contributed by atoms with Crippen molar-refractivity contribution in [1.82, 2.24) is 0 Å². The average molecular weight is 386 g/mol. The fourth-order valence-electron chi connectivity index (χ4n) is 3.91. The van der Waals surface area contributed by atoms with Gasteiger partial charge in [-0.3, -0.25) is 0 Å². The Labute approximate surface area is 177 Å². The maximum atomic E-state index is 2.27. The summed E-state index contributed by atoms with van der Waals surface area (Å²) >= 11 is 0. The van der Waals surface area contributed by atoms with Crippen molar-refractivity contribution in [3.63, 3.8) is 0 Å². The van der Waals surface area contributed by atoms with Crippen LogP contribution in [0.15, 0.2) is 121 Å². The molecular formula is C29H23N. The first kappa shape index (κ1) is 18.2. The number of fused-ring (bicyclic) bond motifs is 1. The van der Waals surface area contributed by atoms with Gasteiger partial charge in [0.2, 0.25) is 0 Å². The van der Waals surface area contributed by atoms with E-state index in [1.54, 1.807) is 0 Å². The Balaban J connectivity index is 1.43. The van der Waals surface area contributed by atoms with Crippen molar-refractivity contribution < 1.29 is 0 Å². The Hall–Kier alpha value is -3.84. The number of anilines is 2. The molecule has 0 heterocycles. The van der Waals surface area contributed by atoms with Crippen molar-refractivity contribution in [1.29, 1.82) is 0 Å². The molecule has 0 unspecified atom stereocenters. The van der Waals surface area contributed by atoms with E-state index in [1.807, 2.05) is 6.07 Å². The van der Waals surface area contributed by atoms with Crippen LogP contribution in [0.3, 0.4) is 0 Å². The van der Waals surface area contributed by atoms with Gasteiger partial charge in [0, 0.05) is 18.4 Å². The standard InChI is InChI=1S/C29H23N/c1-30(28-17-14-24(15-18-28)22-8-4-2-5-9-22)29-19-16-26-20-25(12-13-27(26)21-29)23-10-6-3-7-11-23/h2-21H,1H3. The van der Waals surface area contributed by atoms with E-state index in [-0.39, 0.29) is 0 Å².